The number of halogens is 2. The van der Waals surface area contributed by atoms with E-state index >= 15 is 0 Å². The molecule has 0 aromatic heterocycles. The van der Waals surface area contributed by atoms with Crippen LogP contribution in [0, 0.1) is 11.6 Å². The molecule has 1 aromatic carbocycles. The number of nitrogens with zero attached hydrogens (tertiary/aromatic N) is 2. The molecular formula is C14H21F2N3. The Morgan fingerprint density at radius 3 is 2.16 bits per heavy atom. The molecule has 1 atom stereocenters. The fourth-order valence-corrected chi connectivity index (χ4v) is 2.53. The van der Waals surface area contributed by atoms with E-state index in [1.165, 1.54) is 12.1 Å². The zero-order valence-electron chi connectivity index (χ0n) is 11.5. The summed E-state index contributed by atoms with van der Waals surface area (Å²) in [4.78, 5) is 4.12. The van der Waals surface area contributed by atoms with E-state index in [4.69, 9.17) is 5.73 Å². The highest BCUT2D eigenvalue weighted by Gasteiger charge is 2.24. The maximum atomic E-state index is 13.8. The number of nitrogen functional groups attached to an aromatic ring is 1. The quantitative estimate of drug-likeness (QED) is 0.856. The number of anilines is 2. The van der Waals surface area contributed by atoms with Crippen molar-refractivity contribution in [3.63, 3.8) is 0 Å². The van der Waals surface area contributed by atoms with Crippen molar-refractivity contribution in [1.82, 2.24) is 4.90 Å². The largest absolute Gasteiger partial charge is 0.399 e. The highest BCUT2D eigenvalue weighted by Crippen LogP contribution is 2.27. The molecule has 19 heavy (non-hydrogen) atoms. The van der Waals surface area contributed by atoms with Crippen molar-refractivity contribution < 1.29 is 8.78 Å². The monoisotopic (exact) mass is 269 g/mol. The Kier molecular flexibility index (Phi) is 4.24. The van der Waals surface area contributed by atoms with Crippen molar-refractivity contribution >= 4 is 11.4 Å². The molecule has 1 saturated heterocycles. The summed E-state index contributed by atoms with van der Waals surface area (Å²) in [7, 11) is 0. The van der Waals surface area contributed by atoms with E-state index in [0.29, 0.717) is 19.1 Å². The molecule has 5 heteroatoms. The SMILES string of the molecule is CCC(C)N1CCN(c2c(F)cc(N)cc2F)CC1. The second kappa shape index (κ2) is 5.74. The Morgan fingerprint density at radius 2 is 1.68 bits per heavy atom. The number of piperazine rings is 1. The third-order valence-electron chi connectivity index (χ3n) is 3.88. The highest BCUT2D eigenvalue weighted by molar-refractivity contribution is 5.56. The molecule has 0 bridgehead atoms. The van der Waals surface area contributed by atoms with Gasteiger partial charge in [-0.15, -0.1) is 0 Å². The summed E-state index contributed by atoms with van der Waals surface area (Å²) in [6.07, 6.45) is 1.09. The summed E-state index contributed by atoms with van der Waals surface area (Å²) in [5.41, 5.74) is 5.61. The fourth-order valence-electron chi connectivity index (χ4n) is 2.53. The number of benzene rings is 1. The van der Waals surface area contributed by atoms with Gasteiger partial charge in [-0.25, -0.2) is 8.78 Å². The molecule has 106 valence electrons. The van der Waals surface area contributed by atoms with Gasteiger partial charge in [-0.2, -0.15) is 0 Å². The maximum Gasteiger partial charge on any atom is 0.151 e. The van der Waals surface area contributed by atoms with E-state index in [-0.39, 0.29) is 11.4 Å². The van der Waals surface area contributed by atoms with Crippen LogP contribution in [0.3, 0.4) is 0 Å². The minimum absolute atomic E-state index is 0.0537. The summed E-state index contributed by atoms with van der Waals surface area (Å²) in [5, 5.41) is 0. The Hall–Kier alpha value is -1.36. The lowest BCUT2D eigenvalue weighted by atomic mass is 10.1. The highest BCUT2D eigenvalue weighted by atomic mass is 19.1. The van der Waals surface area contributed by atoms with Gasteiger partial charge in [0.05, 0.1) is 0 Å². The molecule has 2 rings (SSSR count). The molecule has 1 unspecified atom stereocenters. The van der Waals surface area contributed by atoms with E-state index in [1.807, 2.05) is 0 Å². The van der Waals surface area contributed by atoms with E-state index in [9.17, 15) is 8.78 Å². The molecule has 0 radical (unpaired) electrons. The molecule has 2 N–H and O–H groups in total. The molecule has 1 aromatic rings. The molecular weight excluding hydrogens is 248 g/mol. The molecule has 0 amide bonds. The summed E-state index contributed by atoms with van der Waals surface area (Å²) in [6.45, 7) is 7.27. The van der Waals surface area contributed by atoms with Crippen LogP contribution in [0.2, 0.25) is 0 Å². The number of nitrogens with two attached hydrogens (primary N) is 1. The van der Waals surface area contributed by atoms with Crippen molar-refractivity contribution in [3.05, 3.63) is 23.8 Å². The molecule has 0 aliphatic carbocycles. The fraction of sp³-hybridized carbons (Fsp3) is 0.571. The number of hydrogen-bond donors (Lipinski definition) is 1. The van der Waals surface area contributed by atoms with Crippen LogP contribution < -0.4 is 10.6 Å². The molecule has 1 aliphatic rings. The van der Waals surface area contributed by atoms with Crippen molar-refractivity contribution in [1.29, 1.82) is 0 Å². The third kappa shape index (κ3) is 2.97. The molecule has 0 spiro atoms. The Morgan fingerprint density at radius 1 is 1.16 bits per heavy atom. The number of rotatable bonds is 3. The van der Waals surface area contributed by atoms with Gasteiger partial charge in [0.2, 0.25) is 0 Å². The molecule has 3 nitrogen and oxygen atoms in total. The van der Waals surface area contributed by atoms with E-state index < -0.39 is 11.6 Å². The van der Waals surface area contributed by atoms with Crippen LogP contribution in [0.25, 0.3) is 0 Å². The molecule has 1 fully saturated rings. The van der Waals surface area contributed by atoms with Crippen LogP contribution in [0.1, 0.15) is 20.3 Å². The first-order valence-electron chi connectivity index (χ1n) is 6.76. The van der Waals surface area contributed by atoms with Gasteiger partial charge >= 0.3 is 0 Å². The van der Waals surface area contributed by atoms with Crippen molar-refractivity contribution in [2.75, 3.05) is 36.8 Å². The van der Waals surface area contributed by atoms with Gasteiger partial charge in [-0.1, -0.05) is 6.92 Å². The summed E-state index contributed by atoms with van der Waals surface area (Å²) in [6, 6.07) is 2.88. The Bertz CT molecular complexity index is 419. The van der Waals surface area contributed by atoms with Gasteiger partial charge in [-0.3, -0.25) is 4.90 Å². The predicted octanol–water partition coefficient (Wildman–Crippen LogP) is 2.47. The lowest BCUT2D eigenvalue weighted by Crippen LogP contribution is -2.50. The smallest absolute Gasteiger partial charge is 0.151 e. The van der Waals surface area contributed by atoms with Crippen molar-refractivity contribution in [3.8, 4) is 0 Å². The predicted molar refractivity (Wildman–Crippen MR) is 74.3 cm³/mol. The van der Waals surface area contributed by atoms with Gasteiger partial charge < -0.3 is 10.6 Å². The minimum atomic E-state index is -0.575. The van der Waals surface area contributed by atoms with Gasteiger partial charge in [-0.05, 0) is 25.5 Å². The van der Waals surface area contributed by atoms with Crippen molar-refractivity contribution in [2.45, 2.75) is 26.3 Å². The van der Waals surface area contributed by atoms with E-state index in [1.54, 1.807) is 4.90 Å². The summed E-state index contributed by atoms with van der Waals surface area (Å²) < 4.78 is 27.7. The lowest BCUT2D eigenvalue weighted by molar-refractivity contribution is 0.192. The lowest BCUT2D eigenvalue weighted by Gasteiger charge is -2.39. The zero-order chi connectivity index (χ0) is 14.0. The zero-order valence-corrected chi connectivity index (χ0v) is 11.5. The number of hydrogen-bond acceptors (Lipinski definition) is 3. The van der Waals surface area contributed by atoms with E-state index in [0.717, 1.165) is 19.5 Å². The second-order valence-corrected chi connectivity index (χ2v) is 5.11. The Balaban J connectivity index is 2.10. The third-order valence-corrected chi connectivity index (χ3v) is 3.88. The van der Waals surface area contributed by atoms with Gasteiger partial charge in [0.15, 0.2) is 11.6 Å². The van der Waals surface area contributed by atoms with Crippen LogP contribution in [0.4, 0.5) is 20.2 Å². The van der Waals surface area contributed by atoms with Crippen LogP contribution in [0.5, 0.6) is 0 Å². The first-order chi connectivity index (χ1) is 9.02. The minimum Gasteiger partial charge on any atom is -0.399 e. The average Bonchev–Trinajstić information content (AvgIpc) is 2.37. The molecule has 1 aliphatic heterocycles. The van der Waals surface area contributed by atoms with Gasteiger partial charge in [0.25, 0.3) is 0 Å². The van der Waals surface area contributed by atoms with Crippen LogP contribution in [-0.4, -0.2) is 37.1 Å². The first kappa shape index (κ1) is 14.1. The van der Waals surface area contributed by atoms with Gasteiger partial charge in [0, 0.05) is 37.9 Å². The molecule has 1 heterocycles. The normalized spacial score (nSPS) is 18.6. The van der Waals surface area contributed by atoms with Crippen LogP contribution >= 0.6 is 0 Å². The van der Waals surface area contributed by atoms with Crippen LogP contribution in [-0.2, 0) is 0 Å². The average molecular weight is 269 g/mol. The standard InChI is InChI=1S/C14H21F2N3/c1-3-10(2)18-4-6-19(7-5-18)14-12(15)8-11(17)9-13(14)16/h8-10H,3-7,17H2,1-2H3. The maximum absolute atomic E-state index is 13.8. The second-order valence-electron chi connectivity index (χ2n) is 5.11. The Labute approximate surface area is 113 Å². The van der Waals surface area contributed by atoms with E-state index in [2.05, 4.69) is 18.7 Å². The summed E-state index contributed by atoms with van der Waals surface area (Å²) >= 11 is 0. The van der Waals surface area contributed by atoms with Gasteiger partial charge in [0.1, 0.15) is 5.69 Å². The van der Waals surface area contributed by atoms with Crippen molar-refractivity contribution in [2.24, 2.45) is 0 Å². The molecule has 0 saturated carbocycles. The first-order valence-corrected chi connectivity index (χ1v) is 6.76. The van der Waals surface area contributed by atoms with Crippen LogP contribution in [0.15, 0.2) is 12.1 Å². The topological polar surface area (TPSA) is 32.5 Å². The summed E-state index contributed by atoms with van der Waals surface area (Å²) in [5.74, 6) is -1.15.